The van der Waals surface area contributed by atoms with E-state index in [2.05, 4.69) is 13.8 Å². The maximum atomic E-state index is 13.0. The molecule has 1 fully saturated rings. The molecule has 0 bridgehead atoms. The van der Waals surface area contributed by atoms with Gasteiger partial charge in [0.05, 0.1) is 12.2 Å². The average Bonchev–Trinajstić information content (AvgIpc) is 3.40. The maximum Gasteiger partial charge on any atom is 0.300 e. The van der Waals surface area contributed by atoms with E-state index < -0.39 is 17.7 Å². The third-order valence-corrected chi connectivity index (χ3v) is 5.93. The van der Waals surface area contributed by atoms with Gasteiger partial charge in [-0.3, -0.25) is 14.5 Å². The van der Waals surface area contributed by atoms with E-state index in [1.165, 1.54) is 16.2 Å². The van der Waals surface area contributed by atoms with Crippen LogP contribution in [-0.2, 0) is 9.59 Å². The summed E-state index contributed by atoms with van der Waals surface area (Å²) in [5.74, 6) is -0.453. The summed E-state index contributed by atoms with van der Waals surface area (Å²) in [5, 5.41) is 13.0. The van der Waals surface area contributed by atoms with Crippen molar-refractivity contribution in [2.45, 2.75) is 19.9 Å². The summed E-state index contributed by atoms with van der Waals surface area (Å²) in [4.78, 5) is 28.3. The van der Waals surface area contributed by atoms with E-state index in [4.69, 9.17) is 4.74 Å². The second-order valence-corrected chi connectivity index (χ2v) is 8.73. The minimum Gasteiger partial charge on any atom is -0.507 e. The summed E-state index contributed by atoms with van der Waals surface area (Å²) < 4.78 is 5.70. The number of ketones is 1. The monoisotopic (exact) mass is 433 g/mol. The highest BCUT2D eigenvalue weighted by Gasteiger charge is 2.47. The highest BCUT2D eigenvalue weighted by molar-refractivity contribution is 7.10. The Labute approximate surface area is 185 Å². The summed E-state index contributed by atoms with van der Waals surface area (Å²) >= 11 is 1.44. The molecule has 1 atom stereocenters. The Bertz CT molecular complexity index is 1100. The lowest BCUT2D eigenvalue weighted by atomic mass is 9.99. The number of benzene rings is 2. The van der Waals surface area contributed by atoms with Crippen LogP contribution in [0, 0.1) is 5.92 Å². The van der Waals surface area contributed by atoms with Gasteiger partial charge < -0.3 is 9.84 Å². The molecule has 4 rings (SSSR count). The number of hydrogen-bond acceptors (Lipinski definition) is 5. The van der Waals surface area contributed by atoms with Crippen molar-refractivity contribution in [2.24, 2.45) is 5.92 Å². The molecule has 0 saturated carbocycles. The standard InChI is InChI=1S/C25H23NO4S/c1-16(2)15-30-19-12-10-17(11-13-19)23(27)21-22(20-9-6-14-31-20)26(25(29)24(21)28)18-7-4-3-5-8-18/h3-14,16,22,27H,15H2,1-2H3/b23-21-. The minimum absolute atomic E-state index is 0.0900. The molecule has 1 saturated heterocycles. The van der Waals surface area contributed by atoms with E-state index in [-0.39, 0.29) is 11.3 Å². The normalized spacial score (nSPS) is 18.0. The SMILES string of the molecule is CC(C)COc1ccc(/C(O)=C2/C(=O)C(=O)N(c3ccccc3)C2c2cccs2)cc1. The molecule has 1 aromatic heterocycles. The first-order chi connectivity index (χ1) is 15.0. The van der Waals surface area contributed by atoms with Gasteiger partial charge in [-0.25, -0.2) is 0 Å². The van der Waals surface area contributed by atoms with Crippen LogP contribution in [0.25, 0.3) is 5.76 Å². The lowest BCUT2D eigenvalue weighted by molar-refractivity contribution is -0.132. The number of amides is 1. The largest absolute Gasteiger partial charge is 0.507 e. The van der Waals surface area contributed by atoms with Crippen LogP contribution in [-0.4, -0.2) is 23.4 Å². The van der Waals surface area contributed by atoms with Crippen LogP contribution in [0.4, 0.5) is 5.69 Å². The van der Waals surface area contributed by atoms with Gasteiger partial charge in [0.1, 0.15) is 17.6 Å². The van der Waals surface area contributed by atoms with Gasteiger partial charge in [-0.2, -0.15) is 0 Å². The predicted molar refractivity (Wildman–Crippen MR) is 122 cm³/mol. The lowest BCUT2D eigenvalue weighted by Crippen LogP contribution is -2.29. The fraction of sp³-hybridized carbons (Fsp3) is 0.200. The van der Waals surface area contributed by atoms with Crippen LogP contribution in [0.3, 0.4) is 0 Å². The molecule has 1 aliphatic heterocycles. The summed E-state index contributed by atoms with van der Waals surface area (Å²) in [6, 6.07) is 19.0. The first kappa shape index (κ1) is 20.9. The number of ether oxygens (including phenoxy) is 1. The molecule has 158 valence electrons. The van der Waals surface area contributed by atoms with Crippen LogP contribution in [0.2, 0.25) is 0 Å². The van der Waals surface area contributed by atoms with Crippen molar-refractivity contribution < 1.29 is 19.4 Å². The Balaban J connectivity index is 1.77. The number of carbonyl (C=O) groups is 2. The number of aliphatic hydroxyl groups excluding tert-OH is 1. The van der Waals surface area contributed by atoms with Gasteiger partial charge in [-0.1, -0.05) is 38.1 Å². The Morgan fingerprint density at radius 1 is 1.03 bits per heavy atom. The molecule has 2 aromatic carbocycles. The number of Topliss-reactive ketones (excluding diaryl/α,β-unsaturated/α-hetero) is 1. The molecule has 0 radical (unpaired) electrons. The van der Waals surface area contributed by atoms with Crippen molar-refractivity contribution in [1.29, 1.82) is 0 Å². The van der Waals surface area contributed by atoms with Crippen LogP contribution < -0.4 is 9.64 Å². The second kappa shape index (κ2) is 8.78. The highest BCUT2D eigenvalue weighted by atomic mass is 32.1. The molecular weight excluding hydrogens is 410 g/mol. The van der Waals surface area contributed by atoms with Crippen molar-refractivity contribution in [3.63, 3.8) is 0 Å². The molecule has 31 heavy (non-hydrogen) atoms. The maximum absolute atomic E-state index is 13.0. The zero-order valence-corrected chi connectivity index (χ0v) is 18.1. The van der Waals surface area contributed by atoms with Crippen LogP contribution in [0.5, 0.6) is 5.75 Å². The Kier molecular flexibility index (Phi) is 5.91. The summed E-state index contributed by atoms with van der Waals surface area (Å²) in [6.45, 7) is 4.72. The third kappa shape index (κ3) is 4.11. The molecule has 0 spiro atoms. The van der Waals surface area contributed by atoms with Gasteiger partial charge in [0.15, 0.2) is 0 Å². The fourth-order valence-corrected chi connectivity index (χ4v) is 4.35. The van der Waals surface area contributed by atoms with E-state index in [1.54, 1.807) is 36.4 Å². The predicted octanol–water partition coefficient (Wildman–Crippen LogP) is 5.41. The smallest absolute Gasteiger partial charge is 0.300 e. The molecule has 0 aliphatic carbocycles. The van der Waals surface area contributed by atoms with E-state index >= 15 is 0 Å². The summed E-state index contributed by atoms with van der Waals surface area (Å²) in [6.07, 6.45) is 0. The molecule has 1 N–H and O–H groups in total. The zero-order valence-electron chi connectivity index (χ0n) is 17.3. The van der Waals surface area contributed by atoms with Crippen molar-refractivity contribution in [1.82, 2.24) is 0 Å². The second-order valence-electron chi connectivity index (χ2n) is 7.75. The van der Waals surface area contributed by atoms with E-state index in [9.17, 15) is 14.7 Å². The van der Waals surface area contributed by atoms with Crippen molar-refractivity contribution >= 4 is 34.5 Å². The Hall–Kier alpha value is -3.38. The highest BCUT2D eigenvalue weighted by Crippen LogP contribution is 2.43. The number of anilines is 1. The number of rotatable bonds is 6. The Morgan fingerprint density at radius 2 is 1.74 bits per heavy atom. The van der Waals surface area contributed by atoms with E-state index in [0.717, 1.165) is 4.88 Å². The number of aliphatic hydroxyl groups is 1. The molecule has 1 amide bonds. The number of para-hydroxylation sites is 1. The van der Waals surface area contributed by atoms with Gasteiger partial charge in [-0.05, 0) is 53.8 Å². The molecule has 3 aromatic rings. The molecule has 5 nitrogen and oxygen atoms in total. The summed E-state index contributed by atoms with van der Waals surface area (Å²) in [5.41, 5.74) is 1.16. The molecule has 1 aliphatic rings. The first-order valence-corrected chi connectivity index (χ1v) is 11.0. The minimum atomic E-state index is -0.695. The Morgan fingerprint density at radius 3 is 2.35 bits per heavy atom. The topological polar surface area (TPSA) is 66.8 Å². The summed E-state index contributed by atoms with van der Waals surface area (Å²) in [7, 11) is 0. The lowest BCUT2D eigenvalue weighted by Gasteiger charge is -2.24. The van der Waals surface area contributed by atoms with Crippen LogP contribution >= 0.6 is 11.3 Å². The average molecular weight is 434 g/mol. The number of nitrogens with zero attached hydrogens (tertiary/aromatic N) is 1. The van der Waals surface area contributed by atoms with Crippen LogP contribution in [0.1, 0.15) is 30.3 Å². The van der Waals surface area contributed by atoms with Gasteiger partial charge in [0.25, 0.3) is 11.7 Å². The molecule has 1 unspecified atom stereocenters. The fourth-order valence-electron chi connectivity index (χ4n) is 3.53. The van der Waals surface area contributed by atoms with Gasteiger partial charge in [0.2, 0.25) is 0 Å². The number of carbonyl (C=O) groups excluding carboxylic acids is 2. The van der Waals surface area contributed by atoms with E-state index in [0.29, 0.717) is 29.5 Å². The van der Waals surface area contributed by atoms with Crippen molar-refractivity contribution in [2.75, 3.05) is 11.5 Å². The molecule has 2 heterocycles. The van der Waals surface area contributed by atoms with Crippen LogP contribution in [0.15, 0.2) is 77.7 Å². The number of thiophene rings is 1. The van der Waals surface area contributed by atoms with Crippen molar-refractivity contribution in [3.8, 4) is 5.75 Å². The van der Waals surface area contributed by atoms with Gasteiger partial charge in [-0.15, -0.1) is 11.3 Å². The van der Waals surface area contributed by atoms with Gasteiger partial charge >= 0.3 is 0 Å². The number of hydrogen-bond donors (Lipinski definition) is 1. The molecular formula is C25H23NO4S. The van der Waals surface area contributed by atoms with Crippen molar-refractivity contribution in [3.05, 3.63) is 88.1 Å². The quantitative estimate of drug-likeness (QED) is 0.321. The van der Waals surface area contributed by atoms with E-state index in [1.807, 2.05) is 35.7 Å². The van der Waals surface area contributed by atoms with Gasteiger partial charge in [0, 0.05) is 16.1 Å². The first-order valence-electron chi connectivity index (χ1n) is 10.1. The third-order valence-electron chi connectivity index (χ3n) is 5.00. The zero-order chi connectivity index (χ0) is 22.0. The molecule has 6 heteroatoms.